The summed E-state index contributed by atoms with van der Waals surface area (Å²) in [6.07, 6.45) is 2.09. The third kappa shape index (κ3) is 5.90. The van der Waals surface area contributed by atoms with Crippen LogP contribution in [0.3, 0.4) is 0 Å². The summed E-state index contributed by atoms with van der Waals surface area (Å²) >= 11 is 0. The number of hydrogen-bond acceptors (Lipinski definition) is 3. The molecule has 6 nitrogen and oxygen atoms in total. The molecule has 6 heteroatoms. The summed E-state index contributed by atoms with van der Waals surface area (Å²) in [6.45, 7) is 0.920. The van der Waals surface area contributed by atoms with E-state index in [0.29, 0.717) is 19.2 Å². The second-order valence-corrected chi connectivity index (χ2v) is 3.44. The second-order valence-electron chi connectivity index (χ2n) is 3.44. The van der Waals surface area contributed by atoms with Gasteiger partial charge in [-0.15, -0.1) is 0 Å². The maximum atomic E-state index is 11.1. The number of ether oxygens (including phenoxy) is 1. The van der Waals surface area contributed by atoms with Crippen LogP contribution >= 0.6 is 0 Å². The predicted molar refractivity (Wildman–Crippen MR) is 54.4 cm³/mol. The van der Waals surface area contributed by atoms with Gasteiger partial charge in [-0.05, 0) is 12.8 Å². The van der Waals surface area contributed by atoms with E-state index in [1.165, 1.54) is 0 Å². The Balaban J connectivity index is 1.97. The van der Waals surface area contributed by atoms with E-state index in [1.807, 2.05) is 0 Å². The van der Waals surface area contributed by atoms with Gasteiger partial charge < -0.3 is 20.7 Å². The Morgan fingerprint density at radius 1 is 1.33 bits per heavy atom. The first-order valence-electron chi connectivity index (χ1n) is 5.02. The van der Waals surface area contributed by atoms with Crippen LogP contribution in [0.15, 0.2) is 0 Å². The Morgan fingerprint density at radius 2 is 2.07 bits per heavy atom. The van der Waals surface area contributed by atoms with Crippen LogP contribution in [0.25, 0.3) is 0 Å². The molecule has 86 valence electrons. The zero-order valence-electron chi connectivity index (χ0n) is 8.84. The van der Waals surface area contributed by atoms with E-state index in [4.69, 9.17) is 4.74 Å². The zero-order chi connectivity index (χ0) is 11.1. The molecule has 0 heterocycles. The number of urea groups is 1. The van der Waals surface area contributed by atoms with Crippen molar-refractivity contribution in [3.63, 3.8) is 0 Å². The summed E-state index contributed by atoms with van der Waals surface area (Å²) in [5.41, 5.74) is 0. The highest BCUT2D eigenvalue weighted by Crippen LogP contribution is 2.17. The molecular weight excluding hydrogens is 198 g/mol. The molecule has 15 heavy (non-hydrogen) atoms. The lowest BCUT2D eigenvalue weighted by Crippen LogP contribution is -2.43. The van der Waals surface area contributed by atoms with Gasteiger partial charge in [0.2, 0.25) is 5.91 Å². The van der Waals surface area contributed by atoms with Crippen LogP contribution in [-0.2, 0) is 9.53 Å². The normalized spacial score (nSPS) is 14.5. The monoisotopic (exact) mass is 215 g/mol. The minimum Gasteiger partial charge on any atom is -0.383 e. The van der Waals surface area contributed by atoms with E-state index >= 15 is 0 Å². The van der Waals surface area contributed by atoms with Crippen molar-refractivity contribution in [1.82, 2.24) is 16.0 Å². The number of methoxy groups -OCH3 is 1. The van der Waals surface area contributed by atoms with Gasteiger partial charge in [-0.2, -0.15) is 0 Å². The zero-order valence-corrected chi connectivity index (χ0v) is 8.84. The average Bonchev–Trinajstić information content (AvgIpc) is 2.99. The molecule has 0 radical (unpaired) electrons. The van der Waals surface area contributed by atoms with Gasteiger partial charge in [0.15, 0.2) is 0 Å². The summed E-state index contributed by atoms with van der Waals surface area (Å²) in [7, 11) is 1.56. The van der Waals surface area contributed by atoms with Gasteiger partial charge in [-0.3, -0.25) is 4.79 Å². The fraction of sp³-hybridized carbons (Fsp3) is 0.778. The van der Waals surface area contributed by atoms with Gasteiger partial charge in [-0.1, -0.05) is 0 Å². The van der Waals surface area contributed by atoms with Crippen LogP contribution in [0.1, 0.15) is 12.8 Å². The quantitative estimate of drug-likeness (QED) is 0.508. The van der Waals surface area contributed by atoms with Crippen LogP contribution < -0.4 is 16.0 Å². The molecule has 1 saturated carbocycles. The molecule has 0 spiro atoms. The number of hydrogen-bond donors (Lipinski definition) is 3. The van der Waals surface area contributed by atoms with E-state index in [9.17, 15) is 9.59 Å². The summed E-state index contributed by atoms with van der Waals surface area (Å²) < 4.78 is 4.76. The first-order chi connectivity index (χ1) is 7.22. The van der Waals surface area contributed by atoms with Gasteiger partial charge in [0.25, 0.3) is 0 Å². The molecule has 1 fully saturated rings. The number of amides is 3. The van der Waals surface area contributed by atoms with Crippen LogP contribution in [0, 0.1) is 0 Å². The molecule has 0 aromatic heterocycles. The molecule has 0 aromatic carbocycles. The molecule has 1 aliphatic carbocycles. The lowest BCUT2D eigenvalue weighted by molar-refractivity contribution is -0.120. The maximum Gasteiger partial charge on any atom is 0.315 e. The summed E-state index contributed by atoms with van der Waals surface area (Å²) in [6, 6.07) is -0.0196. The molecule has 3 N–H and O–H groups in total. The van der Waals surface area contributed by atoms with Crippen molar-refractivity contribution in [1.29, 1.82) is 0 Å². The highest BCUT2D eigenvalue weighted by atomic mass is 16.5. The molecule has 0 atom stereocenters. The largest absolute Gasteiger partial charge is 0.383 e. The molecule has 0 aromatic rings. The third-order valence-corrected chi connectivity index (χ3v) is 1.94. The molecule has 0 bridgehead atoms. The third-order valence-electron chi connectivity index (χ3n) is 1.94. The van der Waals surface area contributed by atoms with Crippen molar-refractivity contribution < 1.29 is 14.3 Å². The number of carbonyl (C=O) groups excluding carboxylic acids is 2. The van der Waals surface area contributed by atoms with E-state index in [2.05, 4.69) is 16.0 Å². The van der Waals surface area contributed by atoms with Gasteiger partial charge in [0, 0.05) is 19.7 Å². The molecule has 1 rings (SSSR count). The fourth-order valence-corrected chi connectivity index (χ4v) is 0.996. The van der Waals surface area contributed by atoms with Crippen molar-refractivity contribution in [2.75, 3.05) is 26.8 Å². The van der Waals surface area contributed by atoms with Crippen molar-refractivity contribution in [2.24, 2.45) is 0 Å². The van der Waals surface area contributed by atoms with Gasteiger partial charge >= 0.3 is 6.03 Å². The molecule has 1 aliphatic rings. The minimum atomic E-state index is -0.349. The first-order valence-corrected chi connectivity index (χ1v) is 5.02. The standard InChI is InChI=1S/C9H17N3O3/c1-15-5-4-10-9(14)11-6-8(13)12-7-2-3-7/h7H,2-6H2,1H3,(H,12,13)(H2,10,11,14). The number of rotatable bonds is 6. The molecule has 3 amide bonds. The molecule has 0 unspecified atom stereocenters. The molecule has 0 aliphatic heterocycles. The number of nitrogens with one attached hydrogen (secondary N) is 3. The lowest BCUT2D eigenvalue weighted by Gasteiger charge is -2.07. The Hall–Kier alpha value is -1.30. The van der Waals surface area contributed by atoms with Crippen molar-refractivity contribution in [3.8, 4) is 0 Å². The van der Waals surface area contributed by atoms with Gasteiger partial charge in [-0.25, -0.2) is 4.79 Å². The van der Waals surface area contributed by atoms with Crippen LogP contribution in [0.5, 0.6) is 0 Å². The smallest absolute Gasteiger partial charge is 0.315 e. The van der Waals surface area contributed by atoms with Crippen LogP contribution in [0.4, 0.5) is 4.79 Å². The minimum absolute atomic E-state index is 0.0231. The van der Waals surface area contributed by atoms with Crippen LogP contribution in [0.2, 0.25) is 0 Å². The first kappa shape index (κ1) is 11.8. The maximum absolute atomic E-state index is 11.1. The SMILES string of the molecule is COCCNC(=O)NCC(=O)NC1CC1. The Morgan fingerprint density at radius 3 is 2.67 bits per heavy atom. The van der Waals surface area contributed by atoms with E-state index in [1.54, 1.807) is 7.11 Å². The Kier molecular flexibility index (Phi) is 4.89. The summed E-state index contributed by atoms with van der Waals surface area (Å²) in [5.74, 6) is -0.139. The summed E-state index contributed by atoms with van der Waals surface area (Å²) in [5, 5.41) is 7.78. The topological polar surface area (TPSA) is 79.5 Å². The predicted octanol–water partition coefficient (Wildman–Crippen LogP) is -0.789. The Labute approximate surface area is 88.7 Å². The summed E-state index contributed by atoms with van der Waals surface area (Å²) in [4.78, 5) is 22.2. The highest BCUT2D eigenvalue weighted by Gasteiger charge is 2.22. The highest BCUT2D eigenvalue weighted by molar-refractivity contribution is 5.84. The Bertz CT molecular complexity index is 229. The fourth-order valence-electron chi connectivity index (χ4n) is 0.996. The molecule has 0 saturated heterocycles. The second kappa shape index (κ2) is 6.23. The van der Waals surface area contributed by atoms with Crippen molar-refractivity contribution in [2.45, 2.75) is 18.9 Å². The molecular formula is C9H17N3O3. The lowest BCUT2D eigenvalue weighted by atomic mass is 10.5. The average molecular weight is 215 g/mol. The van der Waals surface area contributed by atoms with Crippen molar-refractivity contribution in [3.05, 3.63) is 0 Å². The van der Waals surface area contributed by atoms with Gasteiger partial charge in [0.1, 0.15) is 0 Å². The number of carbonyl (C=O) groups is 2. The van der Waals surface area contributed by atoms with E-state index in [-0.39, 0.29) is 18.5 Å². The van der Waals surface area contributed by atoms with Crippen molar-refractivity contribution >= 4 is 11.9 Å². The van der Waals surface area contributed by atoms with Crippen LogP contribution in [-0.4, -0.2) is 44.8 Å². The van der Waals surface area contributed by atoms with E-state index in [0.717, 1.165) is 12.8 Å². The van der Waals surface area contributed by atoms with Gasteiger partial charge in [0.05, 0.1) is 13.2 Å². The van der Waals surface area contributed by atoms with E-state index < -0.39 is 0 Å².